The van der Waals surface area contributed by atoms with Gasteiger partial charge in [0.2, 0.25) is 12.4 Å². The topological polar surface area (TPSA) is 75.9 Å². The standard InChI is InChI=1S/C16H18N6O/c1-21-9-12(8-18-21)19-16-17-5-4-15(20-16)11-6-13-2-3-14(7-11)22(13)10-23/h4-6,8-10,13-14H,2-3,7H2,1H3,(H,17,19,20)/t13-,14+/m1/s1. The lowest BCUT2D eigenvalue weighted by molar-refractivity contribution is -0.120. The lowest BCUT2D eigenvalue weighted by Gasteiger charge is -2.30. The van der Waals surface area contributed by atoms with Gasteiger partial charge in [0.15, 0.2) is 0 Å². The summed E-state index contributed by atoms with van der Waals surface area (Å²) in [4.78, 5) is 22.0. The SMILES string of the molecule is Cn1cc(Nc2nccc(C3=C[C@H]4CC[C@@H](C3)N4C=O)n2)cn1. The molecule has 0 aliphatic carbocycles. The Morgan fingerprint density at radius 2 is 2.30 bits per heavy atom. The summed E-state index contributed by atoms with van der Waals surface area (Å²) in [6.45, 7) is 0. The molecule has 23 heavy (non-hydrogen) atoms. The molecule has 2 aliphatic heterocycles. The molecule has 1 N–H and O–H groups in total. The Balaban J connectivity index is 1.58. The Hall–Kier alpha value is -2.70. The summed E-state index contributed by atoms with van der Waals surface area (Å²) in [5, 5.41) is 7.28. The van der Waals surface area contributed by atoms with E-state index >= 15 is 0 Å². The molecule has 2 aromatic heterocycles. The second-order valence-electron chi connectivity index (χ2n) is 6.04. The zero-order valence-corrected chi connectivity index (χ0v) is 12.9. The maximum Gasteiger partial charge on any atom is 0.227 e. The van der Waals surface area contributed by atoms with Gasteiger partial charge in [0.05, 0.1) is 23.6 Å². The molecular formula is C16H18N6O. The first-order valence-electron chi connectivity index (χ1n) is 7.75. The Bertz CT molecular complexity index is 767. The Morgan fingerprint density at radius 3 is 3.04 bits per heavy atom. The van der Waals surface area contributed by atoms with E-state index in [9.17, 15) is 4.79 Å². The van der Waals surface area contributed by atoms with Gasteiger partial charge < -0.3 is 10.2 Å². The van der Waals surface area contributed by atoms with Crippen LogP contribution in [0.25, 0.3) is 5.57 Å². The number of nitrogens with one attached hydrogen (secondary N) is 1. The lowest BCUT2D eigenvalue weighted by atomic mass is 9.99. The zero-order valence-electron chi connectivity index (χ0n) is 12.9. The average Bonchev–Trinajstić information content (AvgIpc) is 3.07. The van der Waals surface area contributed by atoms with Crippen LogP contribution in [-0.4, -0.2) is 43.1 Å². The van der Waals surface area contributed by atoms with Gasteiger partial charge in [-0.2, -0.15) is 5.10 Å². The van der Waals surface area contributed by atoms with E-state index in [1.807, 2.05) is 24.2 Å². The third kappa shape index (κ3) is 2.58. The number of carbonyl (C=O) groups is 1. The van der Waals surface area contributed by atoms with Crippen molar-refractivity contribution < 1.29 is 4.79 Å². The molecule has 2 aromatic rings. The van der Waals surface area contributed by atoms with Crippen LogP contribution in [0, 0.1) is 0 Å². The summed E-state index contributed by atoms with van der Waals surface area (Å²) in [6.07, 6.45) is 11.5. The van der Waals surface area contributed by atoms with Crippen molar-refractivity contribution in [3.63, 3.8) is 0 Å². The smallest absolute Gasteiger partial charge is 0.227 e. The van der Waals surface area contributed by atoms with Crippen LogP contribution in [0.3, 0.4) is 0 Å². The van der Waals surface area contributed by atoms with E-state index in [1.54, 1.807) is 17.1 Å². The highest BCUT2D eigenvalue weighted by Crippen LogP contribution is 2.37. The molecule has 1 saturated heterocycles. The fourth-order valence-electron chi connectivity index (χ4n) is 3.43. The van der Waals surface area contributed by atoms with Gasteiger partial charge in [0.25, 0.3) is 0 Å². The normalized spacial score (nSPS) is 22.8. The van der Waals surface area contributed by atoms with Crippen molar-refractivity contribution in [2.24, 2.45) is 7.05 Å². The van der Waals surface area contributed by atoms with Crippen molar-refractivity contribution in [1.29, 1.82) is 0 Å². The zero-order chi connectivity index (χ0) is 15.8. The predicted molar refractivity (Wildman–Crippen MR) is 85.8 cm³/mol. The fraction of sp³-hybridized carbons (Fsp3) is 0.375. The van der Waals surface area contributed by atoms with Crippen LogP contribution >= 0.6 is 0 Å². The van der Waals surface area contributed by atoms with E-state index in [1.165, 1.54) is 5.57 Å². The first-order valence-corrected chi connectivity index (χ1v) is 7.75. The summed E-state index contributed by atoms with van der Waals surface area (Å²) >= 11 is 0. The van der Waals surface area contributed by atoms with Crippen LogP contribution in [-0.2, 0) is 11.8 Å². The second-order valence-corrected chi connectivity index (χ2v) is 6.04. The molecule has 1 amide bonds. The number of aromatic nitrogens is 4. The van der Waals surface area contributed by atoms with Crippen LogP contribution in [0.2, 0.25) is 0 Å². The van der Waals surface area contributed by atoms with E-state index in [-0.39, 0.29) is 6.04 Å². The van der Waals surface area contributed by atoms with Crippen LogP contribution < -0.4 is 5.32 Å². The number of nitrogens with zero attached hydrogens (tertiary/aromatic N) is 5. The monoisotopic (exact) mass is 310 g/mol. The van der Waals surface area contributed by atoms with E-state index < -0.39 is 0 Å². The minimum atomic E-state index is 0.214. The van der Waals surface area contributed by atoms with E-state index in [2.05, 4.69) is 26.5 Å². The molecule has 118 valence electrons. The van der Waals surface area contributed by atoms with Crippen molar-refractivity contribution in [2.45, 2.75) is 31.3 Å². The van der Waals surface area contributed by atoms with Gasteiger partial charge in [0, 0.05) is 25.5 Å². The lowest BCUT2D eigenvalue weighted by Crippen LogP contribution is -2.37. The molecule has 1 fully saturated rings. The minimum Gasteiger partial charge on any atom is -0.335 e. The summed E-state index contributed by atoms with van der Waals surface area (Å²) in [5.74, 6) is 0.557. The van der Waals surface area contributed by atoms with Gasteiger partial charge in [0.1, 0.15) is 0 Å². The van der Waals surface area contributed by atoms with Gasteiger partial charge in [-0.05, 0) is 30.9 Å². The number of carbonyl (C=O) groups excluding carboxylic acids is 1. The molecule has 7 nitrogen and oxygen atoms in total. The molecular weight excluding hydrogens is 292 g/mol. The van der Waals surface area contributed by atoms with E-state index in [0.29, 0.717) is 12.0 Å². The molecule has 4 heterocycles. The number of anilines is 2. The van der Waals surface area contributed by atoms with Gasteiger partial charge in [-0.25, -0.2) is 9.97 Å². The highest BCUT2D eigenvalue weighted by molar-refractivity contribution is 5.68. The van der Waals surface area contributed by atoms with Crippen LogP contribution in [0.15, 0.2) is 30.7 Å². The van der Waals surface area contributed by atoms with E-state index in [4.69, 9.17) is 0 Å². The van der Waals surface area contributed by atoms with Crippen LogP contribution in [0.1, 0.15) is 25.0 Å². The Labute approximate surface area is 134 Å². The summed E-state index contributed by atoms with van der Waals surface area (Å²) in [6, 6.07) is 2.45. The van der Waals surface area contributed by atoms with Crippen molar-refractivity contribution in [1.82, 2.24) is 24.6 Å². The Morgan fingerprint density at radius 1 is 1.39 bits per heavy atom. The molecule has 0 spiro atoms. The highest BCUT2D eigenvalue weighted by Gasteiger charge is 2.36. The molecule has 4 rings (SSSR count). The predicted octanol–water partition coefficient (Wildman–Crippen LogP) is 1.73. The molecule has 2 bridgehead atoms. The van der Waals surface area contributed by atoms with Gasteiger partial charge in [-0.1, -0.05) is 6.08 Å². The number of aryl methyl sites for hydroxylation is 1. The third-order valence-electron chi connectivity index (χ3n) is 4.52. The quantitative estimate of drug-likeness (QED) is 0.870. The van der Waals surface area contributed by atoms with Gasteiger partial charge in [-0.3, -0.25) is 9.48 Å². The molecule has 2 aliphatic rings. The molecule has 2 atom stereocenters. The summed E-state index contributed by atoms with van der Waals surface area (Å²) in [7, 11) is 1.86. The first kappa shape index (κ1) is 13.9. The van der Waals surface area contributed by atoms with Crippen molar-refractivity contribution >= 4 is 23.6 Å². The molecule has 7 heteroatoms. The van der Waals surface area contributed by atoms with E-state index in [0.717, 1.165) is 37.1 Å². The molecule has 0 saturated carbocycles. The number of amides is 1. The number of fused-ring (bicyclic) bond motifs is 2. The van der Waals surface area contributed by atoms with Gasteiger partial charge >= 0.3 is 0 Å². The summed E-state index contributed by atoms with van der Waals surface area (Å²) in [5.41, 5.74) is 2.98. The first-order chi connectivity index (χ1) is 11.2. The molecule has 0 radical (unpaired) electrons. The average molecular weight is 310 g/mol. The third-order valence-corrected chi connectivity index (χ3v) is 4.52. The van der Waals surface area contributed by atoms with Crippen LogP contribution in [0.4, 0.5) is 11.6 Å². The number of hydrogen-bond acceptors (Lipinski definition) is 5. The maximum absolute atomic E-state index is 11.2. The van der Waals surface area contributed by atoms with Gasteiger partial charge in [-0.15, -0.1) is 0 Å². The molecule has 0 aromatic carbocycles. The number of hydrogen-bond donors (Lipinski definition) is 1. The van der Waals surface area contributed by atoms with Crippen molar-refractivity contribution in [3.8, 4) is 0 Å². The minimum absolute atomic E-state index is 0.214. The van der Waals surface area contributed by atoms with Crippen LogP contribution in [0.5, 0.6) is 0 Å². The maximum atomic E-state index is 11.2. The van der Waals surface area contributed by atoms with Crippen molar-refractivity contribution in [3.05, 3.63) is 36.4 Å². The number of rotatable bonds is 4. The second kappa shape index (κ2) is 5.49. The Kier molecular flexibility index (Phi) is 3.33. The fourth-order valence-corrected chi connectivity index (χ4v) is 3.43. The largest absolute Gasteiger partial charge is 0.335 e. The molecule has 0 unspecified atom stereocenters. The summed E-state index contributed by atoms with van der Waals surface area (Å²) < 4.78 is 1.72. The highest BCUT2D eigenvalue weighted by atomic mass is 16.1. The van der Waals surface area contributed by atoms with Crippen molar-refractivity contribution in [2.75, 3.05) is 5.32 Å².